The van der Waals surface area contributed by atoms with E-state index in [-0.39, 0.29) is 35.2 Å². The SMILES string of the molecule is C[C@@]1(O)Cc2c(O)cc(O)cc2OC1c1ccc(O)c(O)c1. The van der Waals surface area contributed by atoms with Crippen molar-refractivity contribution in [3.63, 3.8) is 0 Å². The molecule has 116 valence electrons. The lowest BCUT2D eigenvalue weighted by Crippen LogP contribution is -2.41. The topological polar surface area (TPSA) is 110 Å². The molecular formula is C16H16O6. The number of benzene rings is 2. The van der Waals surface area contributed by atoms with Crippen LogP contribution < -0.4 is 4.74 Å². The molecule has 1 heterocycles. The zero-order chi connectivity index (χ0) is 16.1. The first-order chi connectivity index (χ1) is 10.3. The zero-order valence-corrected chi connectivity index (χ0v) is 11.8. The third kappa shape index (κ3) is 2.27. The van der Waals surface area contributed by atoms with E-state index in [0.717, 1.165) is 0 Å². The number of aromatic hydroxyl groups is 4. The molecular weight excluding hydrogens is 288 g/mol. The Balaban J connectivity index is 2.07. The minimum atomic E-state index is -1.34. The quantitative estimate of drug-likeness (QED) is 0.515. The van der Waals surface area contributed by atoms with E-state index in [0.29, 0.717) is 11.1 Å². The van der Waals surface area contributed by atoms with E-state index in [1.165, 1.54) is 30.3 Å². The summed E-state index contributed by atoms with van der Waals surface area (Å²) >= 11 is 0. The number of fused-ring (bicyclic) bond motifs is 1. The van der Waals surface area contributed by atoms with Gasteiger partial charge in [0, 0.05) is 24.1 Å². The summed E-state index contributed by atoms with van der Waals surface area (Å²) in [6, 6.07) is 6.69. The summed E-state index contributed by atoms with van der Waals surface area (Å²) in [5, 5.41) is 49.1. The van der Waals surface area contributed by atoms with Crippen LogP contribution in [0.4, 0.5) is 0 Å². The maximum Gasteiger partial charge on any atom is 0.157 e. The minimum absolute atomic E-state index is 0.112. The molecule has 0 aliphatic carbocycles. The van der Waals surface area contributed by atoms with Gasteiger partial charge in [0.15, 0.2) is 17.6 Å². The molecule has 1 aliphatic heterocycles. The molecule has 0 amide bonds. The van der Waals surface area contributed by atoms with Crippen molar-refractivity contribution in [2.45, 2.75) is 25.0 Å². The molecule has 6 nitrogen and oxygen atoms in total. The summed E-state index contributed by atoms with van der Waals surface area (Å²) < 4.78 is 5.73. The molecule has 1 unspecified atom stereocenters. The van der Waals surface area contributed by atoms with Gasteiger partial charge in [-0.1, -0.05) is 6.07 Å². The minimum Gasteiger partial charge on any atom is -0.508 e. The normalized spacial score (nSPS) is 23.6. The van der Waals surface area contributed by atoms with Crippen LogP contribution in [0.1, 0.15) is 24.2 Å². The molecule has 5 N–H and O–H groups in total. The first-order valence-electron chi connectivity index (χ1n) is 6.74. The molecule has 0 saturated carbocycles. The van der Waals surface area contributed by atoms with Gasteiger partial charge in [0.1, 0.15) is 22.8 Å². The van der Waals surface area contributed by atoms with Gasteiger partial charge in [-0.15, -0.1) is 0 Å². The van der Waals surface area contributed by atoms with Gasteiger partial charge in [0.2, 0.25) is 0 Å². The van der Waals surface area contributed by atoms with Crippen molar-refractivity contribution in [1.29, 1.82) is 0 Å². The predicted octanol–water partition coefficient (Wildman–Crippen LogP) is 1.94. The average Bonchev–Trinajstić information content (AvgIpc) is 2.42. The summed E-state index contributed by atoms with van der Waals surface area (Å²) in [7, 11) is 0. The summed E-state index contributed by atoms with van der Waals surface area (Å²) in [5.74, 6) is -0.620. The second kappa shape index (κ2) is 4.71. The average molecular weight is 304 g/mol. The number of hydrogen-bond donors (Lipinski definition) is 5. The fraction of sp³-hybridized carbons (Fsp3) is 0.250. The second-order valence-electron chi connectivity index (χ2n) is 5.72. The van der Waals surface area contributed by atoms with Crippen LogP contribution in [0.25, 0.3) is 0 Å². The molecule has 0 aromatic heterocycles. The Hall–Kier alpha value is -2.60. The third-order valence-electron chi connectivity index (χ3n) is 3.82. The smallest absolute Gasteiger partial charge is 0.157 e. The van der Waals surface area contributed by atoms with E-state index in [9.17, 15) is 25.5 Å². The number of hydrogen-bond acceptors (Lipinski definition) is 6. The number of aliphatic hydroxyl groups is 1. The Morgan fingerprint density at radius 1 is 1.00 bits per heavy atom. The highest BCUT2D eigenvalue weighted by molar-refractivity contribution is 5.52. The first-order valence-corrected chi connectivity index (χ1v) is 6.74. The molecule has 2 aromatic carbocycles. The van der Waals surface area contributed by atoms with Crippen molar-refractivity contribution < 1.29 is 30.3 Å². The van der Waals surface area contributed by atoms with Gasteiger partial charge in [-0.3, -0.25) is 0 Å². The Morgan fingerprint density at radius 3 is 2.41 bits per heavy atom. The molecule has 3 rings (SSSR count). The van der Waals surface area contributed by atoms with Gasteiger partial charge < -0.3 is 30.3 Å². The Labute approximate surface area is 126 Å². The maximum atomic E-state index is 10.6. The highest BCUT2D eigenvalue weighted by Crippen LogP contribution is 2.46. The Kier molecular flexibility index (Phi) is 3.07. The molecule has 0 radical (unpaired) electrons. The van der Waals surface area contributed by atoms with E-state index in [1.54, 1.807) is 6.92 Å². The van der Waals surface area contributed by atoms with E-state index in [1.807, 2.05) is 0 Å². The van der Waals surface area contributed by atoms with Crippen LogP contribution in [0.2, 0.25) is 0 Å². The molecule has 0 bridgehead atoms. The van der Waals surface area contributed by atoms with Crippen LogP contribution >= 0.6 is 0 Å². The van der Waals surface area contributed by atoms with Crippen LogP contribution in [-0.2, 0) is 6.42 Å². The summed E-state index contributed by atoms with van der Waals surface area (Å²) in [6.45, 7) is 1.55. The first kappa shape index (κ1) is 14.3. The van der Waals surface area contributed by atoms with Gasteiger partial charge in [0.05, 0.1) is 0 Å². The van der Waals surface area contributed by atoms with E-state index >= 15 is 0 Å². The lowest BCUT2D eigenvalue weighted by molar-refractivity contribution is -0.0630. The summed E-state index contributed by atoms with van der Waals surface area (Å²) in [6.07, 6.45) is -0.714. The standard InChI is InChI=1S/C16H16O6/c1-16(21)7-10-12(19)5-9(17)6-14(10)22-15(16)8-2-3-11(18)13(20)4-8/h2-6,15,17-21H,7H2,1H3/t15?,16-/m1/s1. The van der Waals surface area contributed by atoms with Crippen molar-refractivity contribution in [3.8, 4) is 28.7 Å². The summed E-state index contributed by atoms with van der Waals surface area (Å²) in [5.41, 5.74) is -0.471. The lowest BCUT2D eigenvalue weighted by Gasteiger charge is -2.38. The fourth-order valence-electron chi connectivity index (χ4n) is 2.73. The molecule has 0 fully saturated rings. The van der Waals surface area contributed by atoms with E-state index in [4.69, 9.17) is 4.74 Å². The van der Waals surface area contributed by atoms with Gasteiger partial charge in [-0.2, -0.15) is 0 Å². The monoisotopic (exact) mass is 304 g/mol. The number of phenols is 4. The van der Waals surface area contributed by atoms with Crippen molar-refractivity contribution in [1.82, 2.24) is 0 Å². The number of rotatable bonds is 1. The summed E-state index contributed by atoms with van der Waals surface area (Å²) in [4.78, 5) is 0. The van der Waals surface area contributed by atoms with E-state index < -0.39 is 11.7 Å². The molecule has 0 saturated heterocycles. The maximum absolute atomic E-state index is 10.6. The van der Waals surface area contributed by atoms with Gasteiger partial charge >= 0.3 is 0 Å². The fourth-order valence-corrected chi connectivity index (χ4v) is 2.73. The molecule has 2 atom stereocenters. The van der Waals surface area contributed by atoms with Crippen LogP contribution in [0.15, 0.2) is 30.3 Å². The molecule has 1 aliphatic rings. The Bertz CT molecular complexity index is 738. The van der Waals surface area contributed by atoms with Crippen LogP contribution in [0, 0.1) is 0 Å². The lowest BCUT2D eigenvalue weighted by atomic mass is 9.84. The van der Waals surface area contributed by atoms with Gasteiger partial charge in [-0.05, 0) is 24.6 Å². The Morgan fingerprint density at radius 2 is 1.73 bits per heavy atom. The molecule has 22 heavy (non-hydrogen) atoms. The number of phenolic OH excluding ortho intramolecular Hbond substituents is 4. The van der Waals surface area contributed by atoms with Crippen LogP contribution in [-0.4, -0.2) is 31.1 Å². The molecule has 6 heteroatoms. The highest BCUT2D eigenvalue weighted by Gasteiger charge is 2.41. The van der Waals surface area contributed by atoms with Crippen LogP contribution in [0.3, 0.4) is 0 Å². The third-order valence-corrected chi connectivity index (χ3v) is 3.82. The van der Waals surface area contributed by atoms with Crippen molar-refractivity contribution in [2.24, 2.45) is 0 Å². The van der Waals surface area contributed by atoms with Gasteiger partial charge in [0.25, 0.3) is 0 Å². The molecule has 0 spiro atoms. The predicted molar refractivity (Wildman–Crippen MR) is 77.2 cm³/mol. The number of ether oxygens (including phenoxy) is 1. The molecule has 2 aromatic rings. The highest BCUT2D eigenvalue weighted by atomic mass is 16.5. The van der Waals surface area contributed by atoms with Crippen molar-refractivity contribution >= 4 is 0 Å². The van der Waals surface area contributed by atoms with Crippen molar-refractivity contribution in [3.05, 3.63) is 41.5 Å². The zero-order valence-electron chi connectivity index (χ0n) is 11.8. The van der Waals surface area contributed by atoms with E-state index in [2.05, 4.69) is 0 Å². The van der Waals surface area contributed by atoms with Gasteiger partial charge in [-0.25, -0.2) is 0 Å². The largest absolute Gasteiger partial charge is 0.508 e. The van der Waals surface area contributed by atoms with Crippen LogP contribution in [0.5, 0.6) is 28.7 Å². The second-order valence-corrected chi connectivity index (χ2v) is 5.72. The van der Waals surface area contributed by atoms with Crippen molar-refractivity contribution in [2.75, 3.05) is 0 Å².